The lowest BCUT2D eigenvalue weighted by molar-refractivity contribution is -0.900. The van der Waals surface area contributed by atoms with Crippen LogP contribution in [-0.4, -0.2) is 30.5 Å². The Labute approximate surface area is 124 Å². The molecule has 1 saturated heterocycles. The van der Waals surface area contributed by atoms with Crippen molar-refractivity contribution in [1.82, 2.24) is 0 Å². The molecule has 114 valence electrons. The van der Waals surface area contributed by atoms with Gasteiger partial charge in [0.1, 0.15) is 5.69 Å². The highest BCUT2D eigenvalue weighted by Gasteiger charge is 2.24. The van der Waals surface area contributed by atoms with Crippen LogP contribution in [0.4, 0.5) is 11.4 Å². The molecule has 1 aliphatic rings. The normalized spacial score (nSPS) is 21.8. The van der Waals surface area contributed by atoms with Crippen molar-refractivity contribution in [2.24, 2.45) is 5.92 Å². The Morgan fingerprint density at radius 3 is 2.95 bits per heavy atom. The Morgan fingerprint density at radius 1 is 1.52 bits per heavy atom. The van der Waals surface area contributed by atoms with Gasteiger partial charge in [0.15, 0.2) is 6.54 Å². The van der Waals surface area contributed by atoms with E-state index in [0.29, 0.717) is 23.7 Å². The summed E-state index contributed by atoms with van der Waals surface area (Å²) < 4.78 is 0. The number of carbonyl (C=O) groups excluding carboxylic acids is 1. The molecule has 6 heteroatoms. The van der Waals surface area contributed by atoms with Gasteiger partial charge in [-0.05, 0) is 25.3 Å². The van der Waals surface area contributed by atoms with Gasteiger partial charge in [-0.25, -0.2) is 0 Å². The summed E-state index contributed by atoms with van der Waals surface area (Å²) in [5.74, 6) is 0.478. The molecule has 2 rings (SSSR count). The van der Waals surface area contributed by atoms with Gasteiger partial charge in [0.25, 0.3) is 11.6 Å². The molecule has 0 aliphatic carbocycles. The van der Waals surface area contributed by atoms with Crippen LogP contribution in [0.3, 0.4) is 0 Å². The fourth-order valence-corrected chi connectivity index (χ4v) is 2.94. The van der Waals surface area contributed by atoms with Crippen molar-refractivity contribution in [3.63, 3.8) is 0 Å². The quantitative estimate of drug-likeness (QED) is 0.646. The average Bonchev–Trinajstić information content (AvgIpc) is 2.40. The van der Waals surface area contributed by atoms with Crippen LogP contribution in [0.5, 0.6) is 0 Å². The Morgan fingerprint density at radius 2 is 2.29 bits per heavy atom. The number of hydrogen-bond acceptors (Lipinski definition) is 3. The molecule has 0 spiro atoms. The summed E-state index contributed by atoms with van der Waals surface area (Å²) >= 11 is 0. The number of para-hydroxylation sites is 1. The smallest absolute Gasteiger partial charge is 0.293 e. The first-order valence-electron chi connectivity index (χ1n) is 7.34. The number of nitro groups is 1. The lowest BCUT2D eigenvalue weighted by Gasteiger charge is -2.27. The van der Waals surface area contributed by atoms with Crippen LogP contribution < -0.4 is 10.2 Å². The van der Waals surface area contributed by atoms with Gasteiger partial charge in [0, 0.05) is 12.0 Å². The lowest BCUT2D eigenvalue weighted by atomic mass is 10.0. The molecule has 0 aromatic heterocycles. The number of benzene rings is 1. The van der Waals surface area contributed by atoms with Gasteiger partial charge in [-0.3, -0.25) is 14.9 Å². The van der Waals surface area contributed by atoms with E-state index in [4.69, 9.17) is 0 Å². The highest BCUT2D eigenvalue weighted by molar-refractivity contribution is 5.94. The van der Waals surface area contributed by atoms with Crippen molar-refractivity contribution in [1.29, 1.82) is 0 Å². The third kappa shape index (κ3) is 4.01. The zero-order valence-corrected chi connectivity index (χ0v) is 12.5. The highest BCUT2D eigenvalue weighted by Crippen LogP contribution is 2.27. The Hall–Kier alpha value is -1.95. The zero-order valence-electron chi connectivity index (χ0n) is 12.5. The second kappa shape index (κ2) is 6.67. The number of nitrogens with zero attached hydrogens (tertiary/aromatic N) is 1. The first-order chi connectivity index (χ1) is 9.97. The number of amides is 1. The SMILES string of the molecule is Cc1cccc([N+](=O)[O-])c1NC(=O)C[NH+]1CCC[C@H](C)C1. The van der Waals surface area contributed by atoms with Crippen LogP contribution in [0, 0.1) is 23.0 Å². The summed E-state index contributed by atoms with van der Waals surface area (Å²) in [4.78, 5) is 24.0. The van der Waals surface area contributed by atoms with E-state index in [-0.39, 0.29) is 11.6 Å². The maximum atomic E-state index is 12.2. The number of nitro benzene ring substituents is 1. The Kier molecular flexibility index (Phi) is 4.90. The number of carbonyl (C=O) groups is 1. The minimum Gasteiger partial charge on any atom is -0.327 e. The van der Waals surface area contributed by atoms with Gasteiger partial charge in [0.05, 0.1) is 18.0 Å². The van der Waals surface area contributed by atoms with Crippen molar-refractivity contribution >= 4 is 17.3 Å². The molecular formula is C15H22N3O3+. The van der Waals surface area contributed by atoms with E-state index in [2.05, 4.69) is 12.2 Å². The lowest BCUT2D eigenvalue weighted by Crippen LogP contribution is -3.14. The van der Waals surface area contributed by atoms with E-state index in [9.17, 15) is 14.9 Å². The number of piperidine rings is 1. The van der Waals surface area contributed by atoms with Gasteiger partial charge >= 0.3 is 0 Å². The average molecular weight is 292 g/mol. The van der Waals surface area contributed by atoms with Crippen molar-refractivity contribution < 1.29 is 14.6 Å². The first kappa shape index (κ1) is 15.4. The molecule has 1 fully saturated rings. The zero-order chi connectivity index (χ0) is 15.4. The Bertz CT molecular complexity index is 545. The summed E-state index contributed by atoms with van der Waals surface area (Å²) in [7, 11) is 0. The number of likely N-dealkylation sites (tertiary alicyclic amines) is 1. The molecule has 1 aromatic rings. The van der Waals surface area contributed by atoms with Crippen molar-refractivity contribution in [3.8, 4) is 0 Å². The molecule has 1 aliphatic heterocycles. The number of hydrogen-bond donors (Lipinski definition) is 2. The fourth-order valence-electron chi connectivity index (χ4n) is 2.94. The van der Waals surface area contributed by atoms with Crippen molar-refractivity contribution in [2.75, 3.05) is 25.0 Å². The monoisotopic (exact) mass is 292 g/mol. The highest BCUT2D eigenvalue weighted by atomic mass is 16.6. The molecule has 1 unspecified atom stereocenters. The number of rotatable bonds is 4. The standard InChI is InChI=1S/C15H21N3O3/c1-11-5-4-8-17(9-11)10-14(19)16-15-12(2)6-3-7-13(15)18(20)21/h3,6-7,11H,4-5,8-10H2,1-2H3,(H,16,19)/p+1/t11-/m0/s1. The van der Waals surface area contributed by atoms with Crippen LogP contribution in [0.15, 0.2) is 18.2 Å². The molecule has 2 N–H and O–H groups in total. The van der Waals surface area contributed by atoms with E-state index >= 15 is 0 Å². The summed E-state index contributed by atoms with van der Waals surface area (Å²) in [6.45, 7) is 6.31. The van der Waals surface area contributed by atoms with E-state index < -0.39 is 4.92 Å². The number of anilines is 1. The molecule has 2 atom stereocenters. The van der Waals surface area contributed by atoms with Crippen LogP contribution in [0.2, 0.25) is 0 Å². The van der Waals surface area contributed by atoms with Crippen molar-refractivity contribution in [3.05, 3.63) is 33.9 Å². The number of quaternary nitrogens is 1. The summed E-state index contributed by atoms with van der Waals surface area (Å²) in [6.07, 6.45) is 2.35. The fraction of sp³-hybridized carbons (Fsp3) is 0.533. The van der Waals surface area contributed by atoms with Crippen LogP contribution in [0.1, 0.15) is 25.3 Å². The minimum absolute atomic E-state index is 0.0506. The number of aryl methyl sites for hydroxylation is 1. The molecule has 1 amide bonds. The van der Waals surface area contributed by atoms with Gasteiger partial charge in [-0.1, -0.05) is 19.1 Å². The van der Waals surface area contributed by atoms with Crippen LogP contribution >= 0.6 is 0 Å². The molecule has 0 bridgehead atoms. The van der Waals surface area contributed by atoms with E-state index in [1.165, 1.54) is 17.4 Å². The molecule has 6 nitrogen and oxygen atoms in total. The first-order valence-corrected chi connectivity index (χ1v) is 7.34. The predicted molar refractivity (Wildman–Crippen MR) is 80.4 cm³/mol. The third-order valence-corrected chi connectivity index (χ3v) is 3.99. The largest absolute Gasteiger partial charge is 0.327 e. The minimum atomic E-state index is -0.460. The Balaban J connectivity index is 2.04. The maximum Gasteiger partial charge on any atom is 0.293 e. The molecule has 0 saturated carbocycles. The van der Waals surface area contributed by atoms with Crippen LogP contribution in [-0.2, 0) is 4.79 Å². The molecule has 21 heavy (non-hydrogen) atoms. The van der Waals surface area contributed by atoms with E-state index in [1.807, 2.05) is 0 Å². The van der Waals surface area contributed by atoms with E-state index in [1.54, 1.807) is 19.1 Å². The molecule has 1 aromatic carbocycles. The van der Waals surface area contributed by atoms with Crippen LogP contribution in [0.25, 0.3) is 0 Å². The second-order valence-corrected chi connectivity index (χ2v) is 5.90. The van der Waals surface area contributed by atoms with Gasteiger partial charge in [-0.2, -0.15) is 0 Å². The number of nitrogens with one attached hydrogen (secondary N) is 2. The maximum absolute atomic E-state index is 12.2. The van der Waals surface area contributed by atoms with Crippen molar-refractivity contribution in [2.45, 2.75) is 26.7 Å². The van der Waals surface area contributed by atoms with Gasteiger partial charge in [0.2, 0.25) is 0 Å². The predicted octanol–water partition coefficient (Wildman–Crippen LogP) is 1.16. The summed E-state index contributed by atoms with van der Waals surface area (Å²) in [5.41, 5.74) is 0.974. The molecular weight excluding hydrogens is 270 g/mol. The van der Waals surface area contributed by atoms with E-state index in [0.717, 1.165) is 19.5 Å². The summed E-state index contributed by atoms with van der Waals surface area (Å²) in [6, 6.07) is 4.80. The molecule has 0 radical (unpaired) electrons. The van der Waals surface area contributed by atoms with Gasteiger partial charge < -0.3 is 10.2 Å². The molecule has 1 heterocycles. The second-order valence-electron chi connectivity index (χ2n) is 5.90. The topological polar surface area (TPSA) is 76.7 Å². The van der Waals surface area contributed by atoms with Gasteiger partial charge in [-0.15, -0.1) is 0 Å². The third-order valence-electron chi connectivity index (χ3n) is 3.99. The summed E-state index contributed by atoms with van der Waals surface area (Å²) in [5, 5.41) is 13.8.